The number of benzene rings is 2. The van der Waals surface area contributed by atoms with Crippen LogP contribution in [0.3, 0.4) is 0 Å². The zero-order valence-corrected chi connectivity index (χ0v) is 16.6. The van der Waals surface area contributed by atoms with Gasteiger partial charge in [0.2, 0.25) is 0 Å². The Kier molecular flexibility index (Phi) is 5.24. The van der Waals surface area contributed by atoms with Crippen LogP contribution in [0.15, 0.2) is 42.5 Å². The molecule has 6 heteroatoms. The van der Waals surface area contributed by atoms with Gasteiger partial charge in [0.1, 0.15) is 11.8 Å². The van der Waals surface area contributed by atoms with Crippen molar-refractivity contribution in [2.24, 2.45) is 0 Å². The van der Waals surface area contributed by atoms with Crippen LogP contribution < -0.4 is 4.74 Å². The van der Waals surface area contributed by atoms with Gasteiger partial charge in [-0.3, -0.25) is 4.79 Å². The molecule has 1 aliphatic heterocycles. The van der Waals surface area contributed by atoms with Gasteiger partial charge in [-0.05, 0) is 42.8 Å². The van der Waals surface area contributed by atoms with Crippen LogP contribution in [0.4, 0.5) is 0 Å². The van der Waals surface area contributed by atoms with Crippen molar-refractivity contribution in [2.75, 3.05) is 33.4 Å². The Balaban J connectivity index is 1.76. The van der Waals surface area contributed by atoms with Crippen LogP contribution in [0.25, 0.3) is 22.2 Å². The summed E-state index contributed by atoms with van der Waals surface area (Å²) < 4.78 is 12.8. The number of aromatic nitrogens is 1. The summed E-state index contributed by atoms with van der Waals surface area (Å²) in [5, 5.41) is 10.8. The number of nitriles is 1. The van der Waals surface area contributed by atoms with Gasteiger partial charge in [-0.1, -0.05) is 12.1 Å². The Morgan fingerprint density at radius 2 is 1.90 bits per heavy atom. The van der Waals surface area contributed by atoms with E-state index in [0.29, 0.717) is 37.4 Å². The highest BCUT2D eigenvalue weighted by molar-refractivity contribution is 5.97. The maximum atomic E-state index is 12.7. The van der Waals surface area contributed by atoms with E-state index in [0.717, 1.165) is 34.5 Å². The molecule has 1 aromatic heterocycles. The van der Waals surface area contributed by atoms with Crippen molar-refractivity contribution in [1.29, 1.82) is 5.26 Å². The molecule has 0 bridgehead atoms. The number of ether oxygens (including phenoxy) is 2. The molecular weight excluding hydrogens is 366 g/mol. The first-order valence-electron chi connectivity index (χ1n) is 9.75. The minimum Gasteiger partial charge on any atom is -0.497 e. The van der Waals surface area contributed by atoms with Gasteiger partial charge in [0, 0.05) is 30.6 Å². The summed E-state index contributed by atoms with van der Waals surface area (Å²) in [6.07, 6.45) is 0. The predicted octanol–water partition coefficient (Wildman–Crippen LogP) is 3.68. The van der Waals surface area contributed by atoms with Gasteiger partial charge in [0.05, 0.1) is 37.1 Å². The van der Waals surface area contributed by atoms with Crippen LogP contribution in [0.2, 0.25) is 0 Å². The molecule has 0 saturated carbocycles. The molecule has 2 heterocycles. The predicted molar refractivity (Wildman–Crippen MR) is 111 cm³/mol. The lowest BCUT2D eigenvalue weighted by molar-refractivity contribution is 0.0303. The first-order valence-corrected chi connectivity index (χ1v) is 9.75. The first kappa shape index (κ1) is 19.0. The molecule has 4 rings (SSSR count). The third-order valence-corrected chi connectivity index (χ3v) is 5.40. The molecule has 0 N–H and O–H groups in total. The number of hydrogen-bond donors (Lipinski definition) is 0. The van der Waals surface area contributed by atoms with E-state index in [2.05, 4.69) is 17.6 Å². The molecule has 1 fully saturated rings. The van der Waals surface area contributed by atoms with E-state index < -0.39 is 0 Å². The molecule has 1 amide bonds. The highest BCUT2D eigenvalue weighted by Crippen LogP contribution is 2.35. The number of nitrogens with zero attached hydrogens (tertiary/aromatic N) is 3. The third-order valence-electron chi connectivity index (χ3n) is 5.40. The first-order chi connectivity index (χ1) is 14.2. The summed E-state index contributed by atoms with van der Waals surface area (Å²) in [6, 6.07) is 15.7. The van der Waals surface area contributed by atoms with E-state index in [9.17, 15) is 10.1 Å². The molecule has 1 saturated heterocycles. The average molecular weight is 389 g/mol. The second-order valence-electron chi connectivity index (χ2n) is 6.94. The van der Waals surface area contributed by atoms with E-state index in [1.54, 1.807) is 7.11 Å². The zero-order valence-electron chi connectivity index (χ0n) is 16.6. The molecule has 2 aromatic carbocycles. The normalized spacial score (nSPS) is 14.0. The van der Waals surface area contributed by atoms with Crippen LogP contribution >= 0.6 is 0 Å². The number of morpholine rings is 1. The lowest BCUT2D eigenvalue weighted by Gasteiger charge is -2.26. The monoisotopic (exact) mass is 389 g/mol. The van der Waals surface area contributed by atoms with E-state index >= 15 is 0 Å². The topological polar surface area (TPSA) is 67.5 Å². The van der Waals surface area contributed by atoms with Gasteiger partial charge in [-0.25, -0.2) is 0 Å². The fourth-order valence-electron chi connectivity index (χ4n) is 3.92. The highest BCUT2D eigenvalue weighted by Gasteiger charge is 2.21. The van der Waals surface area contributed by atoms with E-state index in [4.69, 9.17) is 9.47 Å². The summed E-state index contributed by atoms with van der Waals surface area (Å²) in [5.74, 6) is 0.737. The molecule has 0 unspecified atom stereocenters. The number of methoxy groups -OCH3 is 1. The fourth-order valence-corrected chi connectivity index (χ4v) is 3.92. The maximum absolute atomic E-state index is 12.7. The molecule has 0 radical (unpaired) electrons. The van der Waals surface area contributed by atoms with E-state index in [-0.39, 0.29) is 5.91 Å². The molecule has 3 aromatic rings. The summed E-state index contributed by atoms with van der Waals surface area (Å²) >= 11 is 0. The van der Waals surface area contributed by atoms with Gasteiger partial charge < -0.3 is 18.9 Å². The maximum Gasteiger partial charge on any atom is 0.254 e. The second kappa shape index (κ2) is 7.98. The Labute approximate surface area is 169 Å². The summed E-state index contributed by atoms with van der Waals surface area (Å²) in [7, 11) is 1.62. The molecule has 0 atom stereocenters. The summed E-state index contributed by atoms with van der Waals surface area (Å²) in [4.78, 5) is 14.5. The summed E-state index contributed by atoms with van der Waals surface area (Å²) in [6.45, 7) is 5.18. The molecule has 148 valence electrons. The molecule has 0 aliphatic carbocycles. The number of aryl methyl sites for hydroxylation is 1. The van der Waals surface area contributed by atoms with Crippen LogP contribution in [-0.2, 0) is 11.3 Å². The lowest BCUT2D eigenvalue weighted by Crippen LogP contribution is -2.40. The van der Waals surface area contributed by atoms with Gasteiger partial charge >= 0.3 is 0 Å². The minimum atomic E-state index is 0.0149. The van der Waals surface area contributed by atoms with Gasteiger partial charge in [0.15, 0.2) is 0 Å². The average Bonchev–Trinajstić information content (AvgIpc) is 3.11. The van der Waals surface area contributed by atoms with Crippen LogP contribution in [0.1, 0.15) is 22.8 Å². The third kappa shape index (κ3) is 3.34. The Morgan fingerprint density at radius 3 is 2.52 bits per heavy atom. The smallest absolute Gasteiger partial charge is 0.254 e. The van der Waals surface area contributed by atoms with Crippen molar-refractivity contribution >= 4 is 16.8 Å². The molecule has 6 nitrogen and oxygen atoms in total. The van der Waals surface area contributed by atoms with Crippen molar-refractivity contribution in [3.8, 4) is 23.1 Å². The molecule has 0 spiro atoms. The second-order valence-corrected chi connectivity index (χ2v) is 6.94. The summed E-state index contributed by atoms with van der Waals surface area (Å²) in [5.41, 5.74) is 4.04. The number of carbonyl (C=O) groups excluding carboxylic acids is 1. The fraction of sp³-hybridized carbons (Fsp3) is 0.304. The Hall–Kier alpha value is -3.30. The number of amides is 1. The molecule has 1 aliphatic rings. The Bertz CT molecular complexity index is 1090. The van der Waals surface area contributed by atoms with Crippen molar-refractivity contribution in [3.63, 3.8) is 0 Å². The van der Waals surface area contributed by atoms with Gasteiger partial charge in [0.25, 0.3) is 5.91 Å². The van der Waals surface area contributed by atoms with E-state index in [1.165, 1.54) is 0 Å². The zero-order chi connectivity index (χ0) is 20.4. The van der Waals surface area contributed by atoms with Crippen molar-refractivity contribution in [2.45, 2.75) is 13.5 Å². The van der Waals surface area contributed by atoms with Crippen molar-refractivity contribution < 1.29 is 14.3 Å². The van der Waals surface area contributed by atoms with Crippen molar-refractivity contribution in [1.82, 2.24) is 9.47 Å². The van der Waals surface area contributed by atoms with E-state index in [1.807, 2.05) is 47.4 Å². The van der Waals surface area contributed by atoms with Crippen LogP contribution in [-0.4, -0.2) is 48.8 Å². The number of fused-ring (bicyclic) bond motifs is 1. The largest absolute Gasteiger partial charge is 0.497 e. The molecular formula is C23H23N3O3. The minimum absolute atomic E-state index is 0.0149. The number of carbonyl (C=O) groups is 1. The quantitative estimate of drug-likeness (QED) is 0.683. The van der Waals surface area contributed by atoms with Gasteiger partial charge in [-0.15, -0.1) is 0 Å². The molecule has 29 heavy (non-hydrogen) atoms. The van der Waals surface area contributed by atoms with Crippen LogP contribution in [0, 0.1) is 11.3 Å². The SMILES string of the molecule is CCn1c(-c2ccc(C(=O)N3CCOCC3)cc2)c(C#N)c2cc(OC)ccc21. The van der Waals surface area contributed by atoms with Crippen LogP contribution in [0.5, 0.6) is 5.75 Å². The highest BCUT2D eigenvalue weighted by atomic mass is 16.5. The Morgan fingerprint density at radius 1 is 1.17 bits per heavy atom. The standard InChI is InChI=1S/C23H23N3O3/c1-3-26-21-9-8-18(28-2)14-19(21)20(15-24)22(26)16-4-6-17(7-5-16)23(27)25-10-12-29-13-11-25/h4-9,14H,3,10-13H2,1-2H3. The van der Waals surface area contributed by atoms with Crippen molar-refractivity contribution in [3.05, 3.63) is 53.6 Å². The van der Waals surface area contributed by atoms with Gasteiger partial charge in [-0.2, -0.15) is 5.26 Å². The lowest BCUT2D eigenvalue weighted by atomic mass is 10.0. The number of rotatable bonds is 4. The number of hydrogen-bond acceptors (Lipinski definition) is 4.